The molecule has 5 atom stereocenters. The number of hydrogen-bond donors (Lipinski definition) is 6. The van der Waals surface area contributed by atoms with Crippen molar-refractivity contribution in [3.63, 3.8) is 0 Å². The Bertz CT molecular complexity index is 1350. The Kier molecular flexibility index (Phi) is 6.96. The zero-order chi connectivity index (χ0) is 29.9. The minimum absolute atomic E-state index is 0.145. The number of urea groups is 1. The zero-order valence-electron chi connectivity index (χ0n) is 22.6. The van der Waals surface area contributed by atoms with Crippen molar-refractivity contribution in [3.05, 3.63) is 35.4 Å². The molecule has 4 bridgehead atoms. The average Bonchev–Trinajstić information content (AvgIpc) is 3.10. The van der Waals surface area contributed by atoms with Gasteiger partial charge in [-0.05, 0) is 62.3 Å². The van der Waals surface area contributed by atoms with E-state index < -0.39 is 71.4 Å². The number of amidine groups is 1. The molecular weight excluding hydrogens is 532 g/mol. The number of Topliss-reactive ketones (excluding diaryl/α,β-unsaturated/α-hetero) is 1. The molecule has 218 valence electrons. The number of nitrogen functional groups attached to an aromatic ring is 1. The second-order valence-corrected chi connectivity index (χ2v) is 12.2. The number of benzene rings is 1. The first-order valence-electron chi connectivity index (χ1n) is 13.7. The molecule has 6 rings (SSSR count). The van der Waals surface area contributed by atoms with E-state index in [-0.39, 0.29) is 23.6 Å². The number of carboxylic acids is 1. The molecule has 1 saturated heterocycles. The Morgan fingerprint density at radius 3 is 2.29 bits per heavy atom. The van der Waals surface area contributed by atoms with E-state index in [0.29, 0.717) is 24.0 Å². The SMILES string of the molecule is C[C@]1(c2ccc(C(=N)N)cc2)NC(=O)N(CC(=O)NC(=O)C2C3CC4CC(C3)CC2(C(=O)[C@@H](N)CC(=O)O)C4)C1=O. The maximum absolute atomic E-state index is 13.6. The standard InChI is InChI=1S/C28H34N6O7/c1-27(17-4-2-15(3-5-17)23(30)31)25(40)34(26(41)33-27)12-19(35)32-24(39)21-16-7-13-6-14(8-16)11-28(21,10-13)22(38)18(29)9-20(36)37/h2-5,13-14,16,18,21H,6-12,29H2,1H3,(H3,30,31)(H,33,41)(H,36,37)(H,32,35,39)/t13?,14?,16?,18-,21?,27+,28?/m0/s1. The van der Waals surface area contributed by atoms with Crippen LogP contribution in [-0.4, -0.2) is 63.9 Å². The Hall–Kier alpha value is -4.13. The van der Waals surface area contributed by atoms with E-state index in [1.54, 1.807) is 24.3 Å². The molecule has 1 aliphatic heterocycles. The van der Waals surface area contributed by atoms with Crippen molar-refractivity contribution < 1.29 is 33.9 Å². The van der Waals surface area contributed by atoms with Gasteiger partial charge in [0.05, 0.1) is 18.4 Å². The Labute approximate surface area is 235 Å². The largest absolute Gasteiger partial charge is 0.481 e. The molecule has 41 heavy (non-hydrogen) atoms. The number of carbonyl (C=O) groups is 6. The summed E-state index contributed by atoms with van der Waals surface area (Å²) in [4.78, 5) is 78.2. The topological polar surface area (TPSA) is 226 Å². The van der Waals surface area contributed by atoms with Crippen molar-refractivity contribution in [2.24, 2.45) is 40.6 Å². The lowest BCUT2D eigenvalue weighted by Gasteiger charge is -2.60. The minimum Gasteiger partial charge on any atom is -0.481 e. The third-order valence-corrected chi connectivity index (χ3v) is 9.43. The first-order valence-corrected chi connectivity index (χ1v) is 13.7. The van der Waals surface area contributed by atoms with Crippen LogP contribution in [0.4, 0.5) is 4.79 Å². The first kappa shape index (κ1) is 28.4. The summed E-state index contributed by atoms with van der Waals surface area (Å²) in [5.41, 5.74) is 9.73. The fourth-order valence-corrected chi connectivity index (χ4v) is 7.93. The normalized spacial score (nSPS) is 32.4. The highest BCUT2D eigenvalue weighted by atomic mass is 16.4. The van der Waals surface area contributed by atoms with Crippen LogP contribution >= 0.6 is 0 Å². The second kappa shape index (κ2) is 10.1. The number of carbonyl (C=O) groups excluding carboxylic acids is 5. The van der Waals surface area contributed by atoms with Gasteiger partial charge >= 0.3 is 12.0 Å². The van der Waals surface area contributed by atoms with E-state index in [0.717, 1.165) is 24.2 Å². The molecule has 3 unspecified atom stereocenters. The Balaban J connectivity index is 1.31. The fraction of sp³-hybridized carbons (Fsp3) is 0.536. The van der Waals surface area contributed by atoms with Crippen LogP contribution < -0.4 is 22.1 Å². The van der Waals surface area contributed by atoms with Gasteiger partial charge < -0.3 is 21.9 Å². The summed E-state index contributed by atoms with van der Waals surface area (Å²) in [6, 6.07) is 4.13. The van der Waals surface area contributed by atoms with Gasteiger partial charge in [-0.2, -0.15) is 0 Å². The maximum atomic E-state index is 13.6. The third kappa shape index (κ3) is 4.77. The maximum Gasteiger partial charge on any atom is 0.325 e. The Morgan fingerprint density at radius 1 is 1.12 bits per heavy atom. The van der Waals surface area contributed by atoms with Crippen molar-refractivity contribution in [3.8, 4) is 0 Å². The first-order chi connectivity index (χ1) is 19.2. The molecule has 13 nitrogen and oxygen atoms in total. The molecule has 13 heteroatoms. The molecule has 1 aromatic rings. The highest BCUT2D eigenvalue weighted by Gasteiger charge is 2.63. The minimum atomic E-state index is -1.48. The summed E-state index contributed by atoms with van der Waals surface area (Å²) >= 11 is 0. The molecular formula is C28H34N6O7. The summed E-state index contributed by atoms with van der Waals surface area (Å²) < 4.78 is 0. The number of nitrogens with one attached hydrogen (secondary N) is 3. The monoisotopic (exact) mass is 566 g/mol. The van der Waals surface area contributed by atoms with E-state index in [1.165, 1.54) is 6.92 Å². The predicted molar refractivity (Wildman–Crippen MR) is 143 cm³/mol. The molecule has 8 N–H and O–H groups in total. The number of ketones is 1. The molecule has 0 aromatic heterocycles. The summed E-state index contributed by atoms with van der Waals surface area (Å²) in [7, 11) is 0. The van der Waals surface area contributed by atoms with Crippen LogP contribution in [0.25, 0.3) is 0 Å². The van der Waals surface area contributed by atoms with Crippen LogP contribution in [0, 0.1) is 34.5 Å². The highest BCUT2D eigenvalue weighted by Crippen LogP contribution is 2.63. The van der Waals surface area contributed by atoms with Gasteiger partial charge in [0.2, 0.25) is 11.8 Å². The number of nitrogens with two attached hydrogens (primary N) is 2. The number of rotatable bonds is 9. The third-order valence-electron chi connectivity index (χ3n) is 9.43. The second-order valence-electron chi connectivity index (χ2n) is 12.2. The van der Waals surface area contributed by atoms with E-state index in [4.69, 9.17) is 16.9 Å². The molecule has 4 saturated carbocycles. The molecule has 5 aliphatic rings. The van der Waals surface area contributed by atoms with Gasteiger partial charge in [0.15, 0.2) is 5.78 Å². The van der Waals surface area contributed by atoms with Crippen LogP contribution in [0.5, 0.6) is 0 Å². The van der Waals surface area contributed by atoms with Crippen molar-refractivity contribution in [2.75, 3.05) is 6.54 Å². The lowest BCUT2D eigenvalue weighted by Crippen LogP contribution is -2.63. The molecule has 5 fully saturated rings. The van der Waals surface area contributed by atoms with Gasteiger partial charge in [-0.15, -0.1) is 0 Å². The number of amides is 5. The number of hydrogen-bond acceptors (Lipinski definition) is 8. The molecule has 1 heterocycles. The van der Waals surface area contributed by atoms with Crippen LogP contribution in [0.3, 0.4) is 0 Å². The van der Waals surface area contributed by atoms with E-state index in [1.807, 2.05) is 0 Å². The van der Waals surface area contributed by atoms with E-state index in [9.17, 15) is 33.9 Å². The quantitative estimate of drug-likeness (QED) is 0.136. The summed E-state index contributed by atoms with van der Waals surface area (Å²) in [6.07, 6.45) is 2.73. The zero-order valence-corrected chi connectivity index (χ0v) is 22.6. The number of aliphatic carboxylic acids is 1. The van der Waals surface area contributed by atoms with Gasteiger partial charge in [0.25, 0.3) is 5.91 Å². The summed E-state index contributed by atoms with van der Waals surface area (Å²) in [6.45, 7) is 0.781. The van der Waals surface area contributed by atoms with Crippen LogP contribution in [0.1, 0.15) is 56.6 Å². The van der Waals surface area contributed by atoms with Crippen molar-refractivity contribution in [1.82, 2.24) is 15.5 Å². The van der Waals surface area contributed by atoms with Gasteiger partial charge in [0, 0.05) is 11.0 Å². The lowest BCUT2D eigenvalue weighted by molar-refractivity contribution is -0.169. The highest BCUT2D eigenvalue weighted by molar-refractivity contribution is 6.10. The summed E-state index contributed by atoms with van der Waals surface area (Å²) in [5, 5.41) is 21.6. The molecule has 1 aromatic carbocycles. The van der Waals surface area contributed by atoms with E-state index in [2.05, 4.69) is 10.6 Å². The van der Waals surface area contributed by atoms with Crippen molar-refractivity contribution >= 4 is 41.3 Å². The number of nitrogens with zero attached hydrogens (tertiary/aromatic N) is 1. The summed E-state index contributed by atoms with van der Waals surface area (Å²) in [5.74, 6) is -4.56. The molecule has 5 amide bonds. The number of imide groups is 2. The molecule has 4 aliphatic carbocycles. The number of carboxylic acid groups (broad SMARTS) is 1. The van der Waals surface area contributed by atoms with Gasteiger partial charge in [-0.25, -0.2) is 4.79 Å². The Morgan fingerprint density at radius 2 is 1.73 bits per heavy atom. The van der Waals surface area contributed by atoms with Crippen LogP contribution in [0.15, 0.2) is 24.3 Å². The smallest absolute Gasteiger partial charge is 0.325 e. The van der Waals surface area contributed by atoms with Crippen LogP contribution in [-0.2, 0) is 29.5 Å². The predicted octanol–water partition coefficient (Wildman–Crippen LogP) is 0.194. The van der Waals surface area contributed by atoms with E-state index >= 15 is 0 Å². The van der Waals surface area contributed by atoms with Crippen LogP contribution in [0.2, 0.25) is 0 Å². The fourth-order valence-electron chi connectivity index (χ4n) is 7.93. The molecule has 0 radical (unpaired) electrons. The average molecular weight is 567 g/mol. The molecule has 0 spiro atoms. The van der Waals surface area contributed by atoms with Gasteiger partial charge in [0.1, 0.15) is 17.9 Å². The lowest BCUT2D eigenvalue weighted by atomic mass is 9.43. The van der Waals surface area contributed by atoms with Gasteiger partial charge in [-0.1, -0.05) is 24.3 Å². The van der Waals surface area contributed by atoms with Gasteiger partial charge in [-0.3, -0.25) is 39.6 Å². The van der Waals surface area contributed by atoms with Crippen molar-refractivity contribution in [1.29, 1.82) is 5.41 Å². The van der Waals surface area contributed by atoms with Crippen molar-refractivity contribution in [2.45, 2.75) is 57.0 Å².